The third kappa shape index (κ3) is 7.01. The molecule has 37 heavy (non-hydrogen) atoms. The maximum absolute atomic E-state index is 12.4. The van der Waals surface area contributed by atoms with Crippen molar-refractivity contribution in [2.24, 2.45) is 17.8 Å². The number of hydrogen-bond donors (Lipinski definition) is 3. The van der Waals surface area contributed by atoms with Crippen LogP contribution in [0.25, 0.3) is 11.1 Å². The van der Waals surface area contributed by atoms with Gasteiger partial charge in [0, 0.05) is 30.1 Å². The minimum absolute atomic E-state index is 0.143. The lowest BCUT2D eigenvalue weighted by Crippen LogP contribution is -2.25. The molecule has 2 aromatic carbocycles. The van der Waals surface area contributed by atoms with Crippen LogP contribution in [-0.4, -0.2) is 37.1 Å². The minimum atomic E-state index is -0.515. The van der Waals surface area contributed by atoms with Crippen LogP contribution in [-0.2, 0) is 9.53 Å². The van der Waals surface area contributed by atoms with E-state index >= 15 is 0 Å². The summed E-state index contributed by atoms with van der Waals surface area (Å²) in [5.41, 5.74) is 3.93. The highest BCUT2D eigenvalue weighted by Gasteiger charge is 2.41. The van der Waals surface area contributed by atoms with Crippen molar-refractivity contribution in [2.75, 3.05) is 19.0 Å². The van der Waals surface area contributed by atoms with Gasteiger partial charge in [0.15, 0.2) is 0 Å². The van der Waals surface area contributed by atoms with Crippen molar-refractivity contribution in [3.8, 4) is 16.9 Å². The van der Waals surface area contributed by atoms with E-state index in [2.05, 4.69) is 36.5 Å². The lowest BCUT2D eigenvalue weighted by Gasteiger charge is -2.28. The Bertz CT molecular complexity index is 1110. The van der Waals surface area contributed by atoms with E-state index in [1.165, 1.54) is 39.2 Å². The molecule has 0 aromatic heterocycles. The van der Waals surface area contributed by atoms with Gasteiger partial charge in [-0.3, -0.25) is 0 Å². The number of anilines is 1. The molecule has 0 aliphatic heterocycles. The first kappa shape index (κ1) is 26.9. The van der Waals surface area contributed by atoms with Gasteiger partial charge < -0.3 is 25.3 Å². The van der Waals surface area contributed by atoms with E-state index in [-0.39, 0.29) is 24.2 Å². The molecule has 0 heterocycles. The number of ether oxygens (including phenoxy) is 2. The van der Waals surface area contributed by atoms with Crippen molar-refractivity contribution in [2.45, 2.75) is 64.4 Å². The van der Waals surface area contributed by atoms with Gasteiger partial charge in [0.05, 0.1) is 18.8 Å². The second kappa shape index (κ2) is 12.9. The molecule has 0 bridgehead atoms. The van der Waals surface area contributed by atoms with E-state index < -0.39 is 5.97 Å². The van der Waals surface area contributed by atoms with Crippen molar-refractivity contribution in [3.05, 3.63) is 59.8 Å². The highest BCUT2D eigenvalue weighted by Crippen LogP contribution is 2.48. The predicted octanol–water partition coefficient (Wildman–Crippen LogP) is 6.60. The van der Waals surface area contributed by atoms with Gasteiger partial charge in [0.1, 0.15) is 5.75 Å². The Morgan fingerprint density at radius 2 is 1.86 bits per heavy atom. The molecule has 3 N–H and O–H groups in total. The highest BCUT2D eigenvalue weighted by molar-refractivity contribution is 6.09. The van der Waals surface area contributed by atoms with Crippen LogP contribution in [0.5, 0.6) is 5.75 Å². The molecule has 2 unspecified atom stereocenters. The van der Waals surface area contributed by atoms with E-state index in [0.29, 0.717) is 11.8 Å². The van der Waals surface area contributed by atoms with Gasteiger partial charge in [-0.15, -0.1) is 0 Å². The Morgan fingerprint density at radius 3 is 2.57 bits per heavy atom. The number of carbonyl (C=O) groups excluding carboxylic acids is 1. The van der Waals surface area contributed by atoms with Gasteiger partial charge in [-0.1, -0.05) is 43.5 Å². The second-order valence-corrected chi connectivity index (χ2v) is 10.4. The maximum atomic E-state index is 12.4. The number of rotatable bonds is 12. The summed E-state index contributed by atoms with van der Waals surface area (Å²) in [5, 5.41) is 20.5. The van der Waals surface area contributed by atoms with Gasteiger partial charge >= 0.3 is 5.97 Å². The summed E-state index contributed by atoms with van der Waals surface area (Å²) in [6, 6.07) is 16.3. The maximum Gasteiger partial charge on any atom is 0.341 e. The van der Waals surface area contributed by atoms with Gasteiger partial charge in [-0.2, -0.15) is 0 Å². The van der Waals surface area contributed by atoms with Crippen LogP contribution >= 0.6 is 0 Å². The smallest absolute Gasteiger partial charge is 0.341 e. The molecular formula is C31H40N2O4. The lowest BCUT2D eigenvalue weighted by molar-refractivity contribution is -0.135. The van der Waals surface area contributed by atoms with E-state index in [1.807, 2.05) is 24.3 Å². The number of aliphatic hydroxyl groups is 1. The van der Waals surface area contributed by atoms with Crippen molar-refractivity contribution >= 4 is 17.9 Å². The third-order valence-corrected chi connectivity index (χ3v) is 7.81. The SMILES string of the molecule is COC(=O)/C(C=N)=C(/Nc1cccc(-c2cccc(OC(C)C3CCCCC3)c2)c1)[C@@H]1CC1CCCO. The Morgan fingerprint density at radius 1 is 1.14 bits per heavy atom. The summed E-state index contributed by atoms with van der Waals surface area (Å²) in [7, 11) is 1.34. The van der Waals surface area contributed by atoms with Gasteiger partial charge in [0.2, 0.25) is 0 Å². The molecular weight excluding hydrogens is 464 g/mol. The molecule has 0 spiro atoms. The first-order chi connectivity index (χ1) is 18.0. The Kier molecular flexibility index (Phi) is 9.40. The number of methoxy groups -OCH3 is 1. The van der Waals surface area contributed by atoms with E-state index in [1.54, 1.807) is 0 Å². The fraction of sp³-hybridized carbons (Fsp3) is 0.484. The third-order valence-electron chi connectivity index (χ3n) is 7.81. The second-order valence-electron chi connectivity index (χ2n) is 10.4. The molecule has 2 aromatic rings. The topological polar surface area (TPSA) is 91.6 Å². The van der Waals surface area contributed by atoms with Crippen LogP contribution in [0.1, 0.15) is 58.3 Å². The summed E-state index contributed by atoms with van der Waals surface area (Å²) in [4.78, 5) is 12.4. The fourth-order valence-electron chi connectivity index (χ4n) is 5.59. The lowest BCUT2D eigenvalue weighted by atomic mass is 9.86. The zero-order valence-electron chi connectivity index (χ0n) is 22.0. The minimum Gasteiger partial charge on any atom is -0.490 e. The molecule has 2 aliphatic rings. The number of carbonyl (C=O) groups is 1. The fourth-order valence-corrected chi connectivity index (χ4v) is 5.59. The molecule has 6 nitrogen and oxygen atoms in total. The van der Waals surface area contributed by atoms with Crippen molar-refractivity contribution < 1.29 is 19.4 Å². The zero-order chi connectivity index (χ0) is 26.2. The normalized spacial score (nSPS) is 20.9. The molecule has 0 radical (unpaired) electrons. The Balaban J connectivity index is 1.53. The average Bonchev–Trinajstić information content (AvgIpc) is 3.71. The number of allylic oxidation sites excluding steroid dienone is 1. The number of hydrogen-bond acceptors (Lipinski definition) is 6. The largest absolute Gasteiger partial charge is 0.490 e. The van der Waals surface area contributed by atoms with Gasteiger partial charge in [-0.05, 0) is 86.3 Å². The molecule has 6 heteroatoms. The summed E-state index contributed by atoms with van der Waals surface area (Å²) in [6.45, 7) is 2.35. The van der Waals surface area contributed by atoms with E-state index in [0.717, 1.165) is 53.7 Å². The van der Waals surface area contributed by atoms with Gasteiger partial charge in [-0.25, -0.2) is 4.79 Å². The summed E-state index contributed by atoms with van der Waals surface area (Å²) in [5.74, 6) is 1.52. The monoisotopic (exact) mass is 504 g/mol. The molecule has 198 valence electrons. The van der Waals surface area contributed by atoms with Crippen molar-refractivity contribution in [1.29, 1.82) is 5.41 Å². The number of benzene rings is 2. The van der Waals surface area contributed by atoms with Crippen LogP contribution in [0, 0.1) is 23.2 Å². The molecule has 2 saturated carbocycles. The van der Waals surface area contributed by atoms with Crippen molar-refractivity contribution in [1.82, 2.24) is 0 Å². The Labute approximate surface area is 220 Å². The first-order valence-electron chi connectivity index (χ1n) is 13.6. The molecule has 0 amide bonds. The summed E-state index contributed by atoms with van der Waals surface area (Å²) in [6.07, 6.45) is 10.3. The summed E-state index contributed by atoms with van der Waals surface area (Å²) < 4.78 is 11.3. The highest BCUT2D eigenvalue weighted by atomic mass is 16.5. The number of nitrogens with one attached hydrogen (secondary N) is 2. The van der Waals surface area contributed by atoms with Crippen LogP contribution in [0.15, 0.2) is 59.8 Å². The number of aliphatic hydroxyl groups excluding tert-OH is 1. The molecule has 3 atom stereocenters. The average molecular weight is 505 g/mol. The molecule has 0 saturated heterocycles. The predicted molar refractivity (Wildman–Crippen MR) is 148 cm³/mol. The van der Waals surface area contributed by atoms with Crippen LogP contribution in [0.3, 0.4) is 0 Å². The standard InChI is InChI=1S/C31H40N2O4/c1-21(22-9-4-3-5-10-22)37-27-15-7-12-24(18-27)23-11-6-14-26(17-23)33-30(29(20-32)31(35)36-2)28-19-25(28)13-8-16-34/h6-7,11-12,14-15,17-18,20-22,25,28,32-34H,3-5,8-10,13,16,19H2,1-2H3/b30-29+,32-20?/t21?,25?,28-/m1/s1. The molecule has 2 fully saturated rings. The zero-order valence-corrected chi connectivity index (χ0v) is 22.0. The van der Waals surface area contributed by atoms with Crippen LogP contribution in [0.4, 0.5) is 5.69 Å². The van der Waals surface area contributed by atoms with Crippen LogP contribution in [0.2, 0.25) is 0 Å². The molecule has 2 aliphatic carbocycles. The van der Waals surface area contributed by atoms with Crippen LogP contribution < -0.4 is 10.1 Å². The Hall–Kier alpha value is -3.12. The quantitative estimate of drug-likeness (QED) is 0.172. The molecule has 4 rings (SSSR count). The van der Waals surface area contributed by atoms with Crippen molar-refractivity contribution in [3.63, 3.8) is 0 Å². The van der Waals surface area contributed by atoms with E-state index in [4.69, 9.17) is 14.9 Å². The van der Waals surface area contributed by atoms with Gasteiger partial charge in [0.25, 0.3) is 0 Å². The summed E-state index contributed by atoms with van der Waals surface area (Å²) >= 11 is 0. The first-order valence-corrected chi connectivity index (χ1v) is 13.6. The van der Waals surface area contributed by atoms with E-state index in [9.17, 15) is 9.90 Å². The number of esters is 1.